The highest BCUT2D eigenvalue weighted by Crippen LogP contribution is 2.36. The van der Waals surface area contributed by atoms with Crippen molar-refractivity contribution in [1.29, 1.82) is 0 Å². The number of halogens is 2. The molecule has 1 unspecified atom stereocenters. The second kappa shape index (κ2) is 7.14. The SMILES string of the molecule is CCC(OC(=O)C(C)(C)CC)C(F)(F)C(=O)OC1(C)CCCC1. The van der Waals surface area contributed by atoms with Gasteiger partial charge in [-0.3, -0.25) is 4.79 Å². The zero-order valence-corrected chi connectivity index (χ0v) is 14.7. The number of ether oxygens (including phenoxy) is 2. The maximum atomic E-state index is 14.4. The summed E-state index contributed by atoms with van der Waals surface area (Å²) in [6.07, 6.45) is 1.35. The second-order valence-electron chi connectivity index (χ2n) is 7.21. The van der Waals surface area contributed by atoms with Crippen LogP contribution in [0.25, 0.3) is 0 Å². The Morgan fingerprint density at radius 1 is 1.13 bits per heavy atom. The van der Waals surface area contributed by atoms with Gasteiger partial charge in [-0.2, -0.15) is 8.78 Å². The van der Waals surface area contributed by atoms with E-state index < -0.39 is 35.0 Å². The molecule has 1 aliphatic carbocycles. The van der Waals surface area contributed by atoms with Gasteiger partial charge >= 0.3 is 17.9 Å². The van der Waals surface area contributed by atoms with Crippen LogP contribution in [0.3, 0.4) is 0 Å². The van der Waals surface area contributed by atoms with Crippen LogP contribution in [-0.2, 0) is 19.1 Å². The highest BCUT2D eigenvalue weighted by molar-refractivity contribution is 5.80. The van der Waals surface area contributed by atoms with E-state index >= 15 is 0 Å². The molecule has 0 amide bonds. The summed E-state index contributed by atoms with van der Waals surface area (Å²) in [5.74, 6) is -6.18. The van der Waals surface area contributed by atoms with Gasteiger partial charge in [0.15, 0.2) is 6.10 Å². The van der Waals surface area contributed by atoms with Crippen LogP contribution in [-0.4, -0.2) is 29.6 Å². The first kappa shape index (κ1) is 19.8. The Morgan fingerprint density at radius 2 is 1.65 bits per heavy atom. The van der Waals surface area contributed by atoms with Gasteiger partial charge in [-0.1, -0.05) is 13.8 Å². The fourth-order valence-corrected chi connectivity index (χ4v) is 2.49. The molecular weight excluding hydrogens is 306 g/mol. The van der Waals surface area contributed by atoms with Crippen molar-refractivity contribution in [2.24, 2.45) is 5.41 Å². The number of rotatable bonds is 7. The topological polar surface area (TPSA) is 52.6 Å². The number of esters is 2. The third kappa shape index (κ3) is 4.64. The van der Waals surface area contributed by atoms with Gasteiger partial charge < -0.3 is 9.47 Å². The van der Waals surface area contributed by atoms with Crippen molar-refractivity contribution >= 4 is 11.9 Å². The number of carbonyl (C=O) groups excluding carboxylic acids is 2. The minimum Gasteiger partial charge on any atom is -0.455 e. The van der Waals surface area contributed by atoms with E-state index in [2.05, 4.69) is 0 Å². The van der Waals surface area contributed by atoms with Gasteiger partial charge in [0.1, 0.15) is 5.60 Å². The van der Waals surface area contributed by atoms with Crippen molar-refractivity contribution in [3.63, 3.8) is 0 Å². The maximum Gasteiger partial charge on any atom is 0.381 e. The molecule has 0 aromatic carbocycles. The summed E-state index contributed by atoms with van der Waals surface area (Å²) in [5, 5.41) is 0. The van der Waals surface area contributed by atoms with E-state index in [0.717, 1.165) is 12.8 Å². The zero-order valence-electron chi connectivity index (χ0n) is 14.7. The molecule has 0 heterocycles. The lowest BCUT2D eigenvalue weighted by atomic mass is 9.90. The van der Waals surface area contributed by atoms with Crippen LogP contribution >= 0.6 is 0 Å². The third-order valence-electron chi connectivity index (χ3n) is 4.73. The van der Waals surface area contributed by atoms with Gasteiger partial charge in [0.05, 0.1) is 5.41 Å². The third-order valence-corrected chi connectivity index (χ3v) is 4.73. The molecule has 0 radical (unpaired) electrons. The van der Waals surface area contributed by atoms with E-state index in [4.69, 9.17) is 9.47 Å². The van der Waals surface area contributed by atoms with Crippen LogP contribution in [0.15, 0.2) is 0 Å². The van der Waals surface area contributed by atoms with E-state index in [-0.39, 0.29) is 6.42 Å². The summed E-state index contributed by atoms with van der Waals surface area (Å²) in [5.41, 5.74) is -1.71. The van der Waals surface area contributed by atoms with Crippen molar-refractivity contribution in [2.45, 2.75) is 90.8 Å². The molecule has 0 bridgehead atoms. The minimum absolute atomic E-state index is 0.162. The summed E-state index contributed by atoms with van der Waals surface area (Å²) >= 11 is 0. The predicted octanol–water partition coefficient (Wildman–Crippen LogP) is 4.26. The summed E-state index contributed by atoms with van der Waals surface area (Å²) in [4.78, 5) is 24.0. The molecular formula is C17H28F2O4. The van der Waals surface area contributed by atoms with Crippen molar-refractivity contribution in [3.8, 4) is 0 Å². The highest BCUT2D eigenvalue weighted by atomic mass is 19.3. The quantitative estimate of drug-likeness (QED) is 0.653. The average molecular weight is 334 g/mol. The lowest BCUT2D eigenvalue weighted by molar-refractivity contribution is -0.211. The molecule has 4 nitrogen and oxygen atoms in total. The number of alkyl halides is 2. The molecule has 0 saturated heterocycles. The molecule has 0 aromatic rings. The minimum atomic E-state index is -3.85. The van der Waals surface area contributed by atoms with Gasteiger partial charge in [0.25, 0.3) is 0 Å². The smallest absolute Gasteiger partial charge is 0.381 e. The van der Waals surface area contributed by atoms with Gasteiger partial charge in [-0.25, -0.2) is 4.79 Å². The van der Waals surface area contributed by atoms with Crippen LogP contribution < -0.4 is 0 Å². The lowest BCUT2D eigenvalue weighted by Crippen LogP contribution is -2.48. The Bertz CT molecular complexity index is 440. The van der Waals surface area contributed by atoms with E-state index in [9.17, 15) is 18.4 Å². The van der Waals surface area contributed by atoms with Gasteiger partial charge in [-0.05, 0) is 59.3 Å². The van der Waals surface area contributed by atoms with E-state index in [1.807, 2.05) is 0 Å². The Balaban J connectivity index is 2.81. The number of carbonyl (C=O) groups is 2. The maximum absolute atomic E-state index is 14.4. The average Bonchev–Trinajstić information content (AvgIpc) is 2.90. The molecule has 1 atom stereocenters. The van der Waals surface area contributed by atoms with Crippen LogP contribution in [0.4, 0.5) is 8.78 Å². The normalized spacial score (nSPS) is 19.3. The molecule has 134 valence electrons. The van der Waals surface area contributed by atoms with Gasteiger partial charge in [-0.15, -0.1) is 0 Å². The predicted molar refractivity (Wildman–Crippen MR) is 82.2 cm³/mol. The first-order valence-corrected chi connectivity index (χ1v) is 8.31. The standard InChI is InChI=1S/C17H28F2O4/c1-6-12(22-13(20)15(3,4)7-2)17(18,19)14(21)23-16(5)10-8-9-11-16/h12H,6-11H2,1-5H3. The summed E-state index contributed by atoms with van der Waals surface area (Å²) in [7, 11) is 0. The Kier molecular flexibility index (Phi) is 6.16. The fraction of sp³-hybridized carbons (Fsp3) is 0.882. The van der Waals surface area contributed by atoms with Gasteiger partial charge in [0.2, 0.25) is 0 Å². The van der Waals surface area contributed by atoms with Crippen LogP contribution in [0.1, 0.15) is 73.1 Å². The second-order valence-corrected chi connectivity index (χ2v) is 7.21. The summed E-state index contributed by atoms with van der Waals surface area (Å²) in [6, 6.07) is 0. The molecule has 1 saturated carbocycles. The molecule has 1 rings (SSSR count). The number of hydrogen-bond donors (Lipinski definition) is 0. The number of hydrogen-bond acceptors (Lipinski definition) is 4. The molecule has 6 heteroatoms. The Morgan fingerprint density at radius 3 is 2.09 bits per heavy atom. The Hall–Kier alpha value is -1.20. The first-order chi connectivity index (χ1) is 10.5. The van der Waals surface area contributed by atoms with E-state index in [1.54, 1.807) is 27.7 Å². The molecule has 1 aliphatic rings. The van der Waals surface area contributed by atoms with Crippen molar-refractivity contribution in [2.75, 3.05) is 0 Å². The molecule has 0 aliphatic heterocycles. The highest BCUT2D eigenvalue weighted by Gasteiger charge is 2.53. The lowest BCUT2D eigenvalue weighted by Gasteiger charge is -2.31. The van der Waals surface area contributed by atoms with Gasteiger partial charge in [0, 0.05) is 0 Å². The molecule has 0 aromatic heterocycles. The van der Waals surface area contributed by atoms with Crippen molar-refractivity contribution < 1.29 is 27.8 Å². The summed E-state index contributed by atoms with van der Waals surface area (Å²) < 4.78 is 38.8. The fourth-order valence-electron chi connectivity index (χ4n) is 2.49. The van der Waals surface area contributed by atoms with Crippen molar-refractivity contribution in [1.82, 2.24) is 0 Å². The molecule has 0 N–H and O–H groups in total. The monoisotopic (exact) mass is 334 g/mol. The molecule has 23 heavy (non-hydrogen) atoms. The van der Waals surface area contributed by atoms with Crippen LogP contribution in [0.2, 0.25) is 0 Å². The van der Waals surface area contributed by atoms with Crippen LogP contribution in [0.5, 0.6) is 0 Å². The van der Waals surface area contributed by atoms with E-state index in [0.29, 0.717) is 19.3 Å². The Labute approximate surface area is 136 Å². The first-order valence-electron chi connectivity index (χ1n) is 8.31. The van der Waals surface area contributed by atoms with E-state index in [1.165, 1.54) is 6.92 Å². The largest absolute Gasteiger partial charge is 0.455 e. The van der Waals surface area contributed by atoms with Crippen molar-refractivity contribution in [3.05, 3.63) is 0 Å². The molecule has 0 spiro atoms. The summed E-state index contributed by atoms with van der Waals surface area (Å²) in [6.45, 7) is 8.14. The molecule has 1 fully saturated rings. The zero-order chi connectivity index (χ0) is 17.9. The van der Waals surface area contributed by atoms with Crippen LogP contribution in [0, 0.1) is 5.41 Å².